The minimum Gasteiger partial charge on any atom is -0.368 e. The van der Waals surface area contributed by atoms with Crippen molar-refractivity contribution in [2.24, 2.45) is 11.7 Å². The highest BCUT2D eigenvalue weighted by Gasteiger charge is 2.27. The van der Waals surface area contributed by atoms with Gasteiger partial charge < -0.3 is 11.1 Å². The molecule has 0 heterocycles. The van der Waals surface area contributed by atoms with Gasteiger partial charge in [-0.05, 0) is 25.8 Å². The summed E-state index contributed by atoms with van der Waals surface area (Å²) in [6.45, 7) is 0. The Bertz CT molecular complexity index is 141. The molecule has 0 saturated heterocycles. The number of amides is 1. The van der Waals surface area contributed by atoms with E-state index >= 15 is 0 Å². The second-order valence-corrected chi connectivity index (χ2v) is 3.21. The van der Waals surface area contributed by atoms with Gasteiger partial charge in [0.05, 0.1) is 6.04 Å². The molecule has 0 radical (unpaired) electrons. The molecule has 1 atom stereocenters. The third-order valence-electron chi connectivity index (χ3n) is 2.49. The van der Waals surface area contributed by atoms with Crippen molar-refractivity contribution in [3.05, 3.63) is 0 Å². The zero-order chi connectivity index (χ0) is 8.27. The van der Waals surface area contributed by atoms with Crippen LogP contribution in [0.15, 0.2) is 0 Å². The Labute approximate surface area is 67.3 Å². The summed E-state index contributed by atoms with van der Waals surface area (Å²) in [5.41, 5.74) is 5.23. The van der Waals surface area contributed by atoms with Crippen molar-refractivity contribution in [3.8, 4) is 0 Å². The number of nitrogens with two attached hydrogens (primary N) is 1. The minimum absolute atomic E-state index is 0.0995. The van der Waals surface area contributed by atoms with E-state index < -0.39 is 0 Å². The summed E-state index contributed by atoms with van der Waals surface area (Å²) in [7, 11) is 1.80. The van der Waals surface area contributed by atoms with E-state index in [0.717, 1.165) is 12.8 Å². The SMILES string of the molecule is CN[C@H](C(N)=O)C1CCCC1. The number of primary amides is 1. The molecular weight excluding hydrogens is 140 g/mol. The van der Waals surface area contributed by atoms with E-state index in [4.69, 9.17) is 5.73 Å². The molecule has 11 heavy (non-hydrogen) atoms. The Morgan fingerprint density at radius 2 is 2.09 bits per heavy atom. The number of hydrogen-bond donors (Lipinski definition) is 2. The molecule has 1 fully saturated rings. The van der Waals surface area contributed by atoms with Gasteiger partial charge in [0.25, 0.3) is 0 Å². The van der Waals surface area contributed by atoms with Crippen LogP contribution in [-0.2, 0) is 4.79 Å². The van der Waals surface area contributed by atoms with Crippen LogP contribution in [0.3, 0.4) is 0 Å². The molecule has 1 rings (SSSR count). The predicted octanol–water partition coefficient (Wildman–Crippen LogP) is 0.250. The van der Waals surface area contributed by atoms with Gasteiger partial charge in [0.1, 0.15) is 0 Å². The molecule has 0 aromatic carbocycles. The van der Waals surface area contributed by atoms with E-state index in [1.807, 2.05) is 0 Å². The first kappa shape index (κ1) is 8.53. The lowest BCUT2D eigenvalue weighted by Gasteiger charge is -2.18. The zero-order valence-corrected chi connectivity index (χ0v) is 6.97. The molecular formula is C8H16N2O. The molecule has 0 aliphatic heterocycles. The van der Waals surface area contributed by atoms with Gasteiger partial charge in [0, 0.05) is 0 Å². The molecule has 1 aliphatic carbocycles. The van der Waals surface area contributed by atoms with Crippen molar-refractivity contribution in [2.45, 2.75) is 31.7 Å². The summed E-state index contributed by atoms with van der Waals surface area (Å²) in [6, 6.07) is -0.0995. The topological polar surface area (TPSA) is 55.1 Å². The fourth-order valence-corrected chi connectivity index (χ4v) is 1.90. The van der Waals surface area contributed by atoms with Gasteiger partial charge in [-0.1, -0.05) is 12.8 Å². The molecule has 0 aromatic rings. The lowest BCUT2D eigenvalue weighted by molar-refractivity contribution is -0.121. The first-order valence-electron chi connectivity index (χ1n) is 4.22. The first-order valence-corrected chi connectivity index (χ1v) is 4.22. The molecule has 3 N–H and O–H groups in total. The predicted molar refractivity (Wildman–Crippen MR) is 44.0 cm³/mol. The second-order valence-electron chi connectivity index (χ2n) is 3.21. The third-order valence-corrected chi connectivity index (χ3v) is 2.49. The van der Waals surface area contributed by atoms with E-state index in [1.165, 1.54) is 12.8 Å². The van der Waals surface area contributed by atoms with E-state index in [9.17, 15) is 4.79 Å². The Balaban J connectivity index is 2.46. The number of hydrogen-bond acceptors (Lipinski definition) is 2. The maximum atomic E-state index is 10.9. The van der Waals surface area contributed by atoms with Gasteiger partial charge in [-0.25, -0.2) is 0 Å². The van der Waals surface area contributed by atoms with Crippen LogP contribution in [0, 0.1) is 5.92 Å². The average Bonchev–Trinajstić information content (AvgIpc) is 2.40. The molecule has 0 unspecified atom stereocenters. The summed E-state index contributed by atoms with van der Waals surface area (Å²) in [5, 5.41) is 2.97. The molecule has 1 saturated carbocycles. The van der Waals surface area contributed by atoms with Crippen LogP contribution in [0.2, 0.25) is 0 Å². The van der Waals surface area contributed by atoms with Crippen molar-refractivity contribution in [1.29, 1.82) is 0 Å². The third kappa shape index (κ3) is 1.93. The van der Waals surface area contributed by atoms with E-state index in [0.29, 0.717) is 5.92 Å². The number of likely N-dealkylation sites (N-methyl/N-ethyl adjacent to an activating group) is 1. The monoisotopic (exact) mass is 156 g/mol. The van der Waals surface area contributed by atoms with Crippen LogP contribution in [0.4, 0.5) is 0 Å². The van der Waals surface area contributed by atoms with Crippen LogP contribution in [0.1, 0.15) is 25.7 Å². The van der Waals surface area contributed by atoms with Crippen LogP contribution in [0.25, 0.3) is 0 Å². The van der Waals surface area contributed by atoms with Crippen molar-refractivity contribution >= 4 is 5.91 Å². The van der Waals surface area contributed by atoms with Gasteiger partial charge in [0.15, 0.2) is 0 Å². The highest BCUT2D eigenvalue weighted by Crippen LogP contribution is 2.27. The zero-order valence-electron chi connectivity index (χ0n) is 6.97. The summed E-state index contributed by atoms with van der Waals surface area (Å²) >= 11 is 0. The van der Waals surface area contributed by atoms with E-state index in [2.05, 4.69) is 5.32 Å². The molecule has 1 aliphatic rings. The fraction of sp³-hybridized carbons (Fsp3) is 0.875. The summed E-state index contributed by atoms with van der Waals surface area (Å²) in [4.78, 5) is 10.9. The lowest BCUT2D eigenvalue weighted by atomic mass is 9.98. The Morgan fingerprint density at radius 1 is 1.55 bits per heavy atom. The maximum absolute atomic E-state index is 10.9. The standard InChI is InChI=1S/C8H16N2O/c1-10-7(8(9)11)6-4-2-3-5-6/h6-7,10H,2-5H2,1H3,(H2,9,11)/t7-/m0/s1. The van der Waals surface area contributed by atoms with Crippen molar-refractivity contribution in [2.75, 3.05) is 7.05 Å². The molecule has 0 spiro atoms. The Kier molecular flexibility index (Phi) is 2.88. The smallest absolute Gasteiger partial charge is 0.234 e. The molecule has 1 amide bonds. The largest absolute Gasteiger partial charge is 0.368 e. The minimum atomic E-state index is -0.209. The lowest BCUT2D eigenvalue weighted by Crippen LogP contribution is -2.44. The molecule has 3 heteroatoms. The Morgan fingerprint density at radius 3 is 2.45 bits per heavy atom. The highest BCUT2D eigenvalue weighted by atomic mass is 16.1. The van der Waals surface area contributed by atoms with Crippen molar-refractivity contribution in [3.63, 3.8) is 0 Å². The second kappa shape index (κ2) is 3.72. The van der Waals surface area contributed by atoms with Crippen LogP contribution < -0.4 is 11.1 Å². The van der Waals surface area contributed by atoms with Crippen LogP contribution in [-0.4, -0.2) is 19.0 Å². The number of nitrogens with one attached hydrogen (secondary N) is 1. The Hall–Kier alpha value is -0.570. The van der Waals surface area contributed by atoms with Crippen LogP contribution >= 0.6 is 0 Å². The highest BCUT2D eigenvalue weighted by molar-refractivity contribution is 5.80. The quantitative estimate of drug-likeness (QED) is 0.615. The van der Waals surface area contributed by atoms with Crippen LogP contribution in [0.5, 0.6) is 0 Å². The van der Waals surface area contributed by atoms with Crippen molar-refractivity contribution in [1.82, 2.24) is 5.32 Å². The number of carbonyl (C=O) groups is 1. The first-order chi connectivity index (χ1) is 5.25. The molecule has 64 valence electrons. The molecule has 0 aromatic heterocycles. The van der Waals surface area contributed by atoms with E-state index in [1.54, 1.807) is 7.05 Å². The fourth-order valence-electron chi connectivity index (χ4n) is 1.90. The molecule has 3 nitrogen and oxygen atoms in total. The van der Waals surface area contributed by atoms with Gasteiger partial charge in [-0.2, -0.15) is 0 Å². The van der Waals surface area contributed by atoms with Gasteiger partial charge >= 0.3 is 0 Å². The van der Waals surface area contributed by atoms with Gasteiger partial charge in [-0.3, -0.25) is 4.79 Å². The number of carbonyl (C=O) groups excluding carboxylic acids is 1. The van der Waals surface area contributed by atoms with Gasteiger partial charge in [0.2, 0.25) is 5.91 Å². The average molecular weight is 156 g/mol. The summed E-state index contributed by atoms with van der Waals surface area (Å²) in [5.74, 6) is 0.275. The molecule has 0 bridgehead atoms. The normalized spacial score (nSPS) is 21.9. The van der Waals surface area contributed by atoms with E-state index in [-0.39, 0.29) is 11.9 Å². The maximum Gasteiger partial charge on any atom is 0.234 e. The summed E-state index contributed by atoms with van der Waals surface area (Å²) in [6.07, 6.45) is 4.79. The van der Waals surface area contributed by atoms with Gasteiger partial charge in [-0.15, -0.1) is 0 Å². The van der Waals surface area contributed by atoms with Crippen molar-refractivity contribution < 1.29 is 4.79 Å². The summed E-state index contributed by atoms with van der Waals surface area (Å²) < 4.78 is 0. The number of rotatable bonds is 3.